The summed E-state index contributed by atoms with van der Waals surface area (Å²) in [6, 6.07) is 0. The number of carbonyl (C=O) groups is 3. The highest BCUT2D eigenvalue weighted by Crippen LogP contribution is 2.71. The second kappa shape index (κ2) is 8.76. The first kappa shape index (κ1) is 27.5. The maximum atomic E-state index is 14.1. The molecule has 2 saturated carbocycles. The molecule has 0 heterocycles. The summed E-state index contributed by atoms with van der Waals surface area (Å²) in [6.07, 6.45) is 3.35. The Bertz CT molecular complexity index is 995. The monoisotopic (exact) mass is 502 g/mol. The summed E-state index contributed by atoms with van der Waals surface area (Å²) in [4.78, 5) is 38.0. The van der Waals surface area contributed by atoms with Crippen molar-refractivity contribution in [3.63, 3.8) is 0 Å². The van der Waals surface area contributed by atoms with Gasteiger partial charge in [-0.05, 0) is 77.1 Å². The van der Waals surface area contributed by atoms with Gasteiger partial charge in [0.2, 0.25) is 0 Å². The van der Waals surface area contributed by atoms with Crippen LogP contribution in [0.1, 0.15) is 99.8 Å². The van der Waals surface area contributed by atoms with Gasteiger partial charge in [0, 0.05) is 24.8 Å². The standard InChI is InChI=1S/C30H46O6/c1-16(12-18(31)13-17(2)26(35)36)19-8-11-29(6)25-20(32)14-22-27(3,4)23(34)9-10-28(22,5)24(25)21(33)15-30(19,29)7/h16-17,19-20,22-23,32,34H,8-15H2,1-7H3,(H,35,36)/t16-,17-,19-,20+,22+,23+,28+,29+,30-/m1/s1. The summed E-state index contributed by atoms with van der Waals surface area (Å²) in [5.41, 5.74) is 0.341. The fraction of sp³-hybridized carbons (Fsp3) is 0.833. The zero-order valence-electron chi connectivity index (χ0n) is 23.2. The molecular weight excluding hydrogens is 456 g/mol. The molecule has 4 aliphatic carbocycles. The molecule has 3 N–H and O–H groups in total. The summed E-state index contributed by atoms with van der Waals surface area (Å²) < 4.78 is 0. The van der Waals surface area contributed by atoms with Gasteiger partial charge in [-0.1, -0.05) is 48.5 Å². The van der Waals surface area contributed by atoms with E-state index < -0.39 is 24.1 Å². The van der Waals surface area contributed by atoms with Crippen molar-refractivity contribution < 1.29 is 29.7 Å². The first-order chi connectivity index (χ1) is 16.5. The molecule has 0 bridgehead atoms. The molecule has 0 aromatic rings. The molecule has 4 aliphatic rings. The van der Waals surface area contributed by atoms with Crippen molar-refractivity contribution in [2.24, 2.45) is 45.3 Å². The molecule has 0 unspecified atom stereocenters. The van der Waals surface area contributed by atoms with Crippen molar-refractivity contribution in [1.29, 1.82) is 0 Å². The second-order valence-corrected chi connectivity index (χ2v) is 14.0. The summed E-state index contributed by atoms with van der Waals surface area (Å²) in [7, 11) is 0. The van der Waals surface area contributed by atoms with Crippen LogP contribution in [0.25, 0.3) is 0 Å². The Hall–Kier alpha value is -1.53. The van der Waals surface area contributed by atoms with Crippen LogP contribution in [0.15, 0.2) is 11.1 Å². The quantitative estimate of drug-likeness (QED) is 0.474. The molecule has 202 valence electrons. The third-order valence-corrected chi connectivity index (χ3v) is 11.7. The fourth-order valence-electron chi connectivity index (χ4n) is 9.40. The number of carbonyl (C=O) groups excluding carboxylic acids is 2. The van der Waals surface area contributed by atoms with E-state index in [9.17, 15) is 29.7 Å². The average Bonchev–Trinajstić information content (AvgIpc) is 3.03. The Labute approximate surface area is 215 Å². The number of aliphatic carboxylic acids is 1. The number of aliphatic hydroxyl groups is 2. The number of carboxylic acids is 1. The SMILES string of the molecule is C[C@H](CC(=O)C[C@@H](C)[C@H]1CC[C@@]2(C)C3=C(C(=O)C[C@]12C)[C@@]1(C)CC[C@H](O)C(C)(C)[C@@H]1C[C@@H]3O)C(=O)O. The highest BCUT2D eigenvalue weighted by atomic mass is 16.4. The smallest absolute Gasteiger partial charge is 0.306 e. The predicted octanol–water partition coefficient (Wildman–Crippen LogP) is 4.95. The number of hydrogen-bond acceptors (Lipinski definition) is 5. The van der Waals surface area contributed by atoms with Crippen LogP contribution in [0.5, 0.6) is 0 Å². The molecule has 36 heavy (non-hydrogen) atoms. The van der Waals surface area contributed by atoms with Crippen LogP contribution in [0.3, 0.4) is 0 Å². The van der Waals surface area contributed by atoms with Gasteiger partial charge in [-0.2, -0.15) is 0 Å². The molecule has 6 nitrogen and oxygen atoms in total. The van der Waals surface area contributed by atoms with E-state index in [1.165, 1.54) is 0 Å². The van der Waals surface area contributed by atoms with Gasteiger partial charge < -0.3 is 15.3 Å². The van der Waals surface area contributed by atoms with E-state index >= 15 is 0 Å². The molecule has 0 amide bonds. The highest BCUT2D eigenvalue weighted by molar-refractivity contribution is 6.00. The van der Waals surface area contributed by atoms with Gasteiger partial charge in [-0.15, -0.1) is 0 Å². The third kappa shape index (κ3) is 3.76. The van der Waals surface area contributed by atoms with Crippen LogP contribution in [0.4, 0.5) is 0 Å². The van der Waals surface area contributed by atoms with Gasteiger partial charge in [0.25, 0.3) is 0 Å². The number of ketones is 2. The number of aliphatic hydroxyl groups excluding tert-OH is 2. The van der Waals surface area contributed by atoms with E-state index in [1.54, 1.807) is 6.92 Å². The van der Waals surface area contributed by atoms with Gasteiger partial charge in [-0.3, -0.25) is 14.4 Å². The zero-order valence-corrected chi connectivity index (χ0v) is 23.2. The van der Waals surface area contributed by atoms with Crippen molar-refractivity contribution in [3.8, 4) is 0 Å². The molecule has 2 fully saturated rings. The van der Waals surface area contributed by atoms with Crippen LogP contribution in [-0.2, 0) is 14.4 Å². The number of Topliss-reactive ketones (excluding diaryl/α,β-unsaturated/α-hetero) is 2. The highest BCUT2D eigenvalue weighted by Gasteiger charge is 2.67. The lowest BCUT2D eigenvalue weighted by atomic mass is 9.42. The van der Waals surface area contributed by atoms with Gasteiger partial charge in [-0.25, -0.2) is 0 Å². The van der Waals surface area contributed by atoms with Crippen molar-refractivity contribution in [2.45, 2.75) is 112 Å². The molecule has 0 aromatic heterocycles. The molecule has 0 radical (unpaired) electrons. The summed E-state index contributed by atoms with van der Waals surface area (Å²) in [5.74, 6) is -1.34. The summed E-state index contributed by atoms with van der Waals surface area (Å²) in [5, 5.41) is 31.6. The van der Waals surface area contributed by atoms with E-state index in [-0.39, 0.29) is 57.4 Å². The van der Waals surface area contributed by atoms with E-state index in [0.29, 0.717) is 25.7 Å². The number of carboxylic acid groups (broad SMARTS) is 1. The van der Waals surface area contributed by atoms with Crippen molar-refractivity contribution in [1.82, 2.24) is 0 Å². The van der Waals surface area contributed by atoms with Gasteiger partial charge in [0.1, 0.15) is 5.78 Å². The second-order valence-electron chi connectivity index (χ2n) is 14.0. The molecule has 0 spiro atoms. The predicted molar refractivity (Wildman–Crippen MR) is 137 cm³/mol. The van der Waals surface area contributed by atoms with Crippen LogP contribution in [-0.4, -0.2) is 45.1 Å². The summed E-state index contributed by atoms with van der Waals surface area (Å²) in [6.45, 7) is 14.4. The van der Waals surface area contributed by atoms with Crippen LogP contribution >= 0.6 is 0 Å². The molecule has 0 saturated heterocycles. The fourth-order valence-corrected chi connectivity index (χ4v) is 9.40. The molecule has 9 atom stereocenters. The normalized spacial score (nSPS) is 43.3. The lowest BCUT2D eigenvalue weighted by Gasteiger charge is -2.62. The minimum Gasteiger partial charge on any atom is -0.481 e. The lowest BCUT2D eigenvalue weighted by Crippen LogP contribution is -2.59. The van der Waals surface area contributed by atoms with E-state index in [2.05, 4.69) is 41.5 Å². The van der Waals surface area contributed by atoms with Crippen LogP contribution < -0.4 is 0 Å². The molecule has 0 aliphatic heterocycles. The van der Waals surface area contributed by atoms with Crippen molar-refractivity contribution in [3.05, 3.63) is 11.1 Å². The Balaban J connectivity index is 1.69. The Kier molecular flexibility index (Phi) is 6.69. The summed E-state index contributed by atoms with van der Waals surface area (Å²) >= 11 is 0. The lowest BCUT2D eigenvalue weighted by molar-refractivity contribution is -0.143. The first-order valence-electron chi connectivity index (χ1n) is 13.9. The molecule has 4 rings (SSSR count). The number of fused-ring (bicyclic) bond motifs is 4. The van der Waals surface area contributed by atoms with Crippen LogP contribution in [0, 0.1) is 45.3 Å². The molecule has 6 heteroatoms. The maximum absolute atomic E-state index is 14.1. The first-order valence-corrected chi connectivity index (χ1v) is 13.9. The molecular formula is C30H46O6. The van der Waals surface area contributed by atoms with E-state index in [0.717, 1.165) is 30.4 Å². The van der Waals surface area contributed by atoms with E-state index in [4.69, 9.17) is 0 Å². The van der Waals surface area contributed by atoms with Gasteiger partial charge in [0.05, 0.1) is 18.1 Å². The van der Waals surface area contributed by atoms with E-state index in [1.807, 2.05) is 0 Å². The third-order valence-electron chi connectivity index (χ3n) is 11.7. The number of rotatable bonds is 6. The van der Waals surface area contributed by atoms with Gasteiger partial charge >= 0.3 is 5.97 Å². The van der Waals surface area contributed by atoms with Crippen molar-refractivity contribution >= 4 is 17.5 Å². The minimum absolute atomic E-state index is 0.0318. The Morgan fingerprint density at radius 2 is 1.64 bits per heavy atom. The number of hydrogen-bond donors (Lipinski definition) is 3. The van der Waals surface area contributed by atoms with Crippen LogP contribution in [0.2, 0.25) is 0 Å². The zero-order chi connectivity index (χ0) is 27.0. The molecule has 0 aromatic carbocycles. The Morgan fingerprint density at radius 3 is 2.25 bits per heavy atom. The Morgan fingerprint density at radius 1 is 1.00 bits per heavy atom. The average molecular weight is 503 g/mol. The maximum Gasteiger partial charge on any atom is 0.306 e. The van der Waals surface area contributed by atoms with Gasteiger partial charge in [0.15, 0.2) is 5.78 Å². The van der Waals surface area contributed by atoms with Crippen molar-refractivity contribution in [2.75, 3.05) is 0 Å². The number of allylic oxidation sites excluding steroid dienone is 1. The largest absolute Gasteiger partial charge is 0.481 e. The minimum atomic E-state index is -0.953. The topological polar surface area (TPSA) is 112 Å².